The summed E-state index contributed by atoms with van der Waals surface area (Å²) in [5.74, 6) is 0.535. The molecular weight excluding hydrogens is 325 g/mol. The normalized spacial score (nSPS) is 10.6. The van der Waals surface area contributed by atoms with E-state index in [4.69, 9.17) is 27.9 Å². The summed E-state index contributed by atoms with van der Waals surface area (Å²) in [6, 6.07) is 10.4. The van der Waals surface area contributed by atoms with Crippen molar-refractivity contribution in [3.8, 4) is 5.75 Å². The van der Waals surface area contributed by atoms with Crippen LogP contribution in [0.25, 0.3) is 5.65 Å². The van der Waals surface area contributed by atoms with Crippen LogP contribution in [0.3, 0.4) is 0 Å². The number of amides is 1. The number of benzene rings is 1. The van der Waals surface area contributed by atoms with Gasteiger partial charge < -0.3 is 14.5 Å². The van der Waals surface area contributed by atoms with Gasteiger partial charge in [-0.1, -0.05) is 29.3 Å². The molecule has 112 valence electrons. The lowest BCUT2D eigenvalue weighted by molar-refractivity contribution is -0.118. The smallest absolute Gasteiger partial charge is 0.263 e. The number of carbonyl (C=O) groups excluding carboxylic acids is 1. The maximum absolute atomic E-state index is 11.9. The van der Waals surface area contributed by atoms with Gasteiger partial charge >= 0.3 is 0 Å². The summed E-state index contributed by atoms with van der Waals surface area (Å²) in [6.07, 6.45) is 3.57. The maximum atomic E-state index is 11.9. The fraction of sp³-hybridized carbons (Fsp3) is 0.0667. The first kappa shape index (κ1) is 14.7. The summed E-state index contributed by atoms with van der Waals surface area (Å²) in [7, 11) is 0. The molecule has 7 heteroatoms. The minimum atomic E-state index is -0.325. The third-order valence-electron chi connectivity index (χ3n) is 2.88. The first-order valence-electron chi connectivity index (χ1n) is 6.43. The quantitative estimate of drug-likeness (QED) is 0.791. The van der Waals surface area contributed by atoms with Crippen LogP contribution < -0.4 is 10.1 Å². The van der Waals surface area contributed by atoms with E-state index >= 15 is 0 Å². The van der Waals surface area contributed by atoms with Crippen LogP contribution in [-0.2, 0) is 4.79 Å². The Kier molecular flexibility index (Phi) is 4.18. The van der Waals surface area contributed by atoms with Crippen molar-refractivity contribution in [2.45, 2.75) is 0 Å². The Bertz CT molecular complexity index is 800. The van der Waals surface area contributed by atoms with Gasteiger partial charge in [-0.05, 0) is 30.3 Å². The maximum Gasteiger partial charge on any atom is 0.263 e. The molecule has 0 aliphatic carbocycles. The topological polar surface area (TPSA) is 55.6 Å². The number of fused-ring (bicyclic) bond motifs is 1. The standard InChI is InChI=1S/C15H11Cl2N3O2/c16-10-4-5-12(11(17)7-10)22-9-15(21)19-13-8-20-6-2-1-3-14(20)18-13/h1-8H,9H2,(H,19,21). The second-order valence-corrected chi connectivity index (χ2v) is 5.35. The summed E-state index contributed by atoms with van der Waals surface area (Å²) in [5, 5.41) is 3.53. The van der Waals surface area contributed by atoms with Crippen molar-refractivity contribution in [2.24, 2.45) is 0 Å². The van der Waals surface area contributed by atoms with Crippen molar-refractivity contribution in [2.75, 3.05) is 11.9 Å². The van der Waals surface area contributed by atoms with Crippen LogP contribution in [0, 0.1) is 0 Å². The number of rotatable bonds is 4. The largest absolute Gasteiger partial charge is 0.482 e. The molecule has 0 aliphatic heterocycles. The van der Waals surface area contributed by atoms with Gasteiger partial charge in [0.1, 0.15) is 11.4 Å². The van der Waals surface area contributed by atoms with Crippen LogP contribution in [0.1, 0.15) is 0 Å². The highest BCUT2D eigenvalue weighted by Crippen LogP contribution is 2.27. The van der Waals surface area contributed by atoms with Crippen molar-refractivity contribution < 1.29 is 9.53 Å². The van der Waals surface area contributed by atoms with Crippen molar-refractivity contribution in [1.82, 2.24) is 9.38 Å². The molecule has 0 unspecified atom stereocenters. The molecule has 22 heavy (non-hydrogen) atoms. The van der Waals surface area contributed by atoms with Crippen molar-refractivity contribution >= 4 is 40.6 Å². The fourth-order valence-corrected chi connectivity index (χ4v) is 2.37. The number of hydrogen-bond acceptors (Lipinski definition) is 3. The summed E-state index contributed by atoms with van der Waals surface area (Å²) in [4.78, 5) is 16.2. The third-order valence-corrected chi connectivity index (χ3v) is 3.41. The Hall–Kier alpha value is -2.24. The van der Waals surface area contributed by atoms with Gasteiger partial charge in [-0.3, -0.25) is 4.79 Å². The molecule has 1 aromatic carbocycles. The first-order valence-corrected chi connectivity index (χ1v) is 7.19. The van der Waals surface area contributed by atoms with Gasteiger partial charge in [0.25, 0.3) is 5.91 Å². The molecule has 1 N–H and O–H groups in total. The number of imidazole rings is 1. The predicted octanol–water partition coefficient (Wildman–Crippen LogP) is 3.66. The average Bonchev–Trinajstić information content (AvgIpc) is 2.88. The van der Waals surface area contributed by atoms with Crippen molar-refractivity contribution in [3.63, 3.8) is 0 Å². The van der Waals surface area contributed by atoms with E-state index < -0.39 is 0 Å². The van der Waals surface area contributed by atoms with E-state index in [0.717, 1.165) is 5.65 Å². The predicted molar refractivity (Wildman–Crippen MR) is 85.8 cm³/mol. The zero-order valence-electron chi connectivity index (χ0n) is 11.3. The molecule has 5 nitrogen and oxygen atoms in total. The SMILES string of the molecule is O=C(COc1ccc(Cl)cc1Cl)Nc1cn2ccccc2n1. The molecule has 2 heterocycles. The number of halogens is 2. The van der Waals surface area contributed by atoms with Crippen LogP contribution in [0.2, 0.25) is 10.0 Å². The number of nitrogens with zero attached hydrogens (tertiary/aromatic N) is 2. The molecule has 3 rings (SSSR count). The van der Waals surface area contributed by atoms with Crippen molar-refractivity contribution in [3.05, 3.63) is 58.8 Å². The minimum absolute atomic E-state index is 0.171. The van der Waals surface area contributed by atoms with Gasteiger partial charge in [0.2, 0.25) is 0 Å². The van der Waals surface area contributed by atoms with E-state index in [0.29, 0.717) is 21.6 Å². The fourth-order valence-electron chi connectivity index (χ4n) is 1.91. The molecular formula is C15H11Cl2N3O2. The molecule has 0 saturated carbocycles. The van der Waals surface area contributed by atoms with E-state index in [2.05, 4.69) is 10.3 Å². The lowest BCUT2D eigenvalue weighted by atomic mass is 10.3. The number of anilines is 1. The Balaban J connectivity index is 1.62. The van der Waals surface area contributed by atoms with Gasteiger partial charge in [0.15, 0.2) is 12.4 Å². The van der Waals surface area contributed by atoms with E-state index in [9.17, 15) is 4.79 Å². The number of pyridine rings is 1. The second-order valence-electron chi connectivity index (χ2n) is 4.50. The zero-order chi connectivity index (χ0) is 15.5. The zero-order valence-corrected chi connectivity index (χ0v) is 12.8. The van der Waals surface area contributed by atoms with Crippen LogP contribution in [0.15, 0.2) is 48.8 Å². The number of carbonyl (C=O) groups is 1. The Morgan fingerprint density at radius 2 is 2.14 bits per heavy atom. The van der Waals surface area contributed by atoms with Gasteiger partial charge in [-0.25, -0.2) is 4.98 Å². The number of hydrogen-bond donors (Lipinski definition) is 1. The van der Waals surface area contributed by atoms with E-state index in [1.165, 1.54) is 0 Å². The van der Waals surface area contributed by atoms with E-state index in [1.54, 1.807) is 24.4 Å². The molecule has 0 fully saturated rings. The van der Waals surface area contributed by atoms with E-state index in [1.807, 2.05) is 28.8 Å². The minimum Gasteiger partial charge on any atom is -0.482 e. The molecule has 1 amide bonds. The first-order chi connectivity index (χ1) is 10.6. The Labute approximate surface area is 136 Å². The summed E-state index contributed by atoms with van der Waals surface area (Å²) < 4.78 is 7.17. The van der Waals surface area contributed by atoms with Gasteiger partial charge in [-0.2, -0.15) is 0 Å². The van der Waals surface area contributed by atoms with Crippen LogP contribution in [0.5, 0.6) is 5.75 Å². The second kappa shape index (κ2) is 6.25. The number of ether oxygens (including phenoxy) is 1. The van der Waals surface area contributed by atoms with Gasteiger partial charge in [0, 0.05) is 11.2 Å². The van der Waals surface area contributed by atoms with Crippen LogP contribution in [-0.4, -0.2) is 21.9 Å². The Morgan fingerprint density at radius 3 is 2.91 bits per heavy atom. The monoisotopic (exact) mass is 335 g/mol. The molecule has 2 aromatic heterocycles. The van der Waals surface area contributed by atoms with Gasteiger partial charge in [-0.15, -0.1) is 0 Å². The molecule has 0 spiro atoms. The van der Waals surface area contributed by atoms with Crippen LogP contribution in [0.4, 0.5) is 5.82 Å². The average molecular weight is 336 g/mol. The highest BCUT2D eigenvalue weighted by atomic mass is 35.5. The summed E-state index contributed by atoms with van der Waals surface area (Å²) in [6.45, 7) is -0.171. The highest BCUT2D eigenvalue weighted by Gasteiger charge is 2.09. The lowest BCUT2D eigenvalue weighted by Gasteiger charge is -2.07. The van der Waals surface area contributed by atoms with Gasteiger partial charge in [0.05, 0.1) is 11.2 Å². The van der Waals surface area contributed by atoms with Crippen molar-refractivity contribution in [1.29, 1.82) is 0 Å². The molecule has 0 atom stereocenters. The van der Waals surface area contributed by atoms with E-state index in [-0.39, 0.29) is 12.5 Å². The summed E-state index contributed by atoms with van der Waals surface area (Å²) >= 11 is 11.8. The highest BCUT2D eigenvalue weighted by molar-refractivity contribution is 6.35. The molecule has 3 aromatic rings. The molecule has 0 aliphatic rings. The third kappa shape index (κ3) is 3.32. The molecule has 0 bridgehead atoms. The molecule has 0 radical (unpaired) electrons. The summed E-state index contributed by atoms with van der Waals surface area (Å²) in [5.41, 5.74) is 0.750. The number of aromatic nitrogens is 2. The number of nitrogens with one attached hydrogen (secondary N) is 1. The lowest BCUT2D eigenvalue weighted by Crippen LogP contribution is -2.20. The van der Waals surface area contributed by atoms with Crippen LogP contribution >= 0.6 is 23.2 Å². The Morgan fingerprint density at radius 1 is 1.27 bits per heavy atom. The molecule has 0 saturated heterocycles.